The Hall–Kier alpha value is -1.24. The second kappa shape index (κ2) is 6.48. The normalized spacial score (nSPS) is 13.5. The zero-order chi connectivity index (χ0) is 17.2. The molecule has 0 bridgehead atoms. The van der Waals surface area contributed by atoms with Crippen molar-refractivity contribution < 1.29 is 31.4 Å². The summed E-state index contributed by atoms with van der Waals surface area (Å²) in [5.74, 6) is 0. The molecule has 1 rings (SSSR count). The molecule has 0 aliphatic heterocycles. The molecule has 0 radical (unpaired) electrons. The summed E-state index contributed by atoms with van der Waals surface area (Å²) in [6, 6.07) is 2.67. The third kappa shape index (κ3) is 3.56. The number of aliphatic hydroxyl groups is 1. The molecular weight excluding hydrogens is 310 g/mol. The fourth-order valence-corrected chi connectivity index (χ4v) is 2.22. The Labute approximate surface area is 125 Å². The van der Waals surface area contributed by atoms with Crippen LogP contribution in [0.3, 0.4) is 0 Å². The van der Waals surface area contributed by atoms with E-state index in [9.17, 15) is 31.4 Å². The van der Waals surface area contributed by atoms with Gasteiger partial charge in [0.15, 0.2) is 0 Å². The molecule has 0 heterocycles. The van der Waals surface area contributed by atoms with E-state index in [0.29, 0.717) is 30.0 Å². The molecule has 0 amide bonds. The standard InChI is InChI=1S/C15H18F6O/c1-3-4-5-6-11-9-12(8-7-10(11)2)13(22,14(16,17)18)15(19,20)21/h7-9,22H,3-6H2,1-2H3. The largest absolute Gasteiger partial charge is 0.430 e. The SMILES string of the molecule is CCCCCc1cc(C(O)(C(F)(F)F)C(F)(F)F)ccc1C. The molecule has 0 saturated heterocycles. The molecule has 1 N–H and O–H groups in total. The minimum absolute atomic E-state index is 0.374. The number of rotatable bonds is 5. The average Bonchev–Trinajstić information content (AvgIpc) is 2.37. The quantitative estimate of drug-likeness (QED) is 0.593. The van der Waals surface area contributed by atoms with E-state index < -0.39 is 23.5 Å². The molecule has 0 saturated carbocycles. The molecule has 7 heteroatoms. The molecule has 0 spiro atoms. The molecule has 1 aromatic carbocycles. The highest BCUT2D eigenvalue weighted by Gasteiger charge is 2.71. The lowest BCUT2D eigenvalue weighted by molar-refractivity contribution is -0.376. The van der Waals surface area contributed by atoms with E-state index in [1.54, 1.807) is 6.92 Å². The van der Waals surface area contributed by atoms with Gasteiger partial charge in [-0.15, -0.1) is 0 Å². The lowest BCUT2D eigenvalue weighted by Crippen LogP contribution is -2.54. The predicted molar refractivity (Wildman–Crippen MR) is 70.4 cm³/mol. The number of alkyl halides is 6. The molecule has 1 nitrogen and oxygen atoms in total. The van der Waals surface area contributed by atoms with Crippen molar-refractivity contribution in [2.24, 2.45) is 0 Å². The smallest absolute Gasteiger partial charge is 0.369 e. The molecule has 0 aliphatic rings. The first-order valence-electron chi connectivity index (χ1n) is 6.91. The van der Waals surface area contributed by atoms with Crippen LogP contribution in [-0.2, 0) is 12.0 Å². The summed E-state index contributed by atoms with van der Waals surface area (Å²) in [5, 5.41) is 9.39. The van der Waals surface area contributed by atoms with Crippen LogP contribution in [0.5, 0.6) is 0 Å². The van der Waals surface area contributed by atoms with Gasteiger partial charge in [0.25, 0.3) is 5.60 Å². The van der Waals surface area contributed by atoms with Crippen LogP contribution in [0, 0.1) is 6.92 Å². The molecule has 0 aromatic heterocycles. The van der Waals surface area contributed by atoms with Crippen LogP contribution in [0.25, 0.3) is 0 Å². The van der Waals surface area contributed by atoms with Crippen LogP contribution < -0.4 is 0 Å². The van der Waals surface area contributed by atoms with E-state index in [4.69, 9.17) is 0 Å². The fourth-order valence-electron chi connectivity index (χ4n) is 2.22. The number of halogens is 6. The summed E-state index contributed by atoms with van der Waals surface area (Å²) >= 11 is 0. The van der Waals surface area contributed by atoms with E-state index in [1.807, 2.05) is 6.92 Å². The van der Waals surface area contributed by atoms with Gasteiger partial charge in [0.1, 0.15) is 0 Å². The highest BCUT2D eigenvalue weighted by atomic mass is 19.4. The van der Waals surface area contributed by atoms with Gasteiger partial charge in [0.2, 0.25) is 0 Å². The van der Waals surface area contributed by atoms with Gasteiger partial charge in [0.05, 0.1) is 0 Å². The minimum Gasteiger partial charge on any atom is -0.369 e. The predicted octanol–water partition coefficient (Wildman–Crippen LogP) is 5.04. The van der Waals surface area contributed by atoms with Gasteiger partial charge in [-0.2, -0.15) is 26.3 Å². The second-order valence-electron chi connectivity index (χ2n) is 5.30. The van der Waals surface area contributed by atoms with Crippen LogP contribution in [0.15, 0.2) is 18.2 Å². The highest BCUT2D eigenvalue weighted by molar-refractivity contribution is 5.36. The summed E-state index contributed by atoms with van der Waals surface area (Å²) in [6.07, 6.45) is -8.95. The first kappa shape index (κ1) is 18.8. The average molecular weight is 328 g/mol. The lowest BCUT2D eigenvalue weighted by atomic mass is 9.88. The first-order valence-corrected chi connectivity index (χ1v) is 6.91. The molecule has 0 unspecified atom stereocenters. The van der Waals surface area contributed by atoms with Gasteiger partial charge in [-0.05, 0) is 30.9 Å². The molecule has 0 atom stereocenters. The number of benzene rings is 1. The van der Waals surface area contributed by atoms with Gasteiger partial charge >= 0.3 is 12.4 Å². The van der Waals surface area contributed by atoms with Gasteiger partial charge in [0, 0.05) is 5.56 Å². The Kier molecular flexibility index (Phi) is 5.54. The summed E-state index contributed by atoms with van der Waals surface area (Å²) in [4.78, 5) is 0. The van der Waals surface area contributed by atoms with Gasteiger partial charge < -0.3 is 5.11 Å². The van der Waals surface area contributed by atoms with Crippen LogP contribution in [0.1, 0.15) is 42.9 Å². The van der Waals surface area contributed by atoms with Gasteiger partial charge in [-0.3, -0.25) is 0 Å². The molecule has 0 fully saturated rings. The number of unbranched alkanes of at least 4 members (excludes halogenated alkanes) is 2. The summed E-state index contributed by atoms with van der Waals surface area (Å²) in [5.41, 5.74) is -5.05. The highest BCUT2D eigenvalue weighted by Crippen LogP contribution is 2.50. The van der Waals surface area contributed by atoms with Crippen LogP contribution in [0.2, 0.25) is 0 Å². The van der Waals surface area contributed by atoms with Crippen molar-refractivity contribution in [1.82, 2.24) is 0 Å². The fraction of sp³-hybridized carbons (Fsp3) is 0.600. The lowest BCUT2D eigenvalue weighted by Gasteiger charge is -2.33. The summed E-state index contributed by atoms with van der Waals surface area (Å²) in [7, 11) is 0. The summed E-state index contributed by atoms with van der Waals surface area (Å²) in [6.45, 7) is 3.56. The van der Waals surface area contributed by atoms with Crippen molar-refractivity contribution in [1.29, 1.82) is 0 Å². The molecule has 0 aliphatic carbocycles. The first-order chi connectivity index (χ1) is 9.95. The van der Waals surface area contributed by atoms with Crippen molar-refractivity contribution in [2.45, 2.75) is 57.5 Å². The zero-order valence-electron chi connectivity index (χ0n) is 12.3. The topological polar surface area (TPSA) is 20.2 Å². The van der Waals surface area contributed by atoms with Crippen molar-refractivity contribution in [3.05, 3.63) is 34.9 Å². The maximum atomic E-state index is 12.9. The number of hydrogen-bond acceptors (Lipinski definition) is 1. The van der Waals surface area contributed by atoms with Crippen LogP contribution in [-0.4, -0.2) is 17.5 Å². The molecule has 1 aromatic rings. The van der Waals surface area contributed by atoms with E-state index >= 15 is 0 Å². The second-order valence-corrected chi connectivity index (χ2v) is 5.30. The van der Waals surface area contributed by atoms with E-state index in [1.165, 1.54) is 6.07 Å². The Bertz CT molecular complexity index is 490. The molecule has 22 heavy (non-hydrogen) atoms. The third-order valence-corrected chi connectivity index (χ3v) is 3.64. The van der Waals surface area contributed by atoms with E-state index in [2.05, 4.69) is 0 Å². The van der Waals surface area contributed by atoms with Crippen LogP contribution in [0.4, 0.5) is 26.3 Å². The Balaban J connectivity index is 3.31. The Morgan fingerprint density at radius 3 is 1.95 bits per heavy atom. The summed E-state index contributed by atoms with van der Waals surface area (Å²) < 4.78 is 77.1. The van der Waals surface area contributed by atoms with Crippen molar-refractivity contribution in [3.8, 4) is 0 Å². The van der Waals surface area contributed by atoms with Gasteiger partial charge in [-0.1, -0.05) is 38.0 Å². The van der Waals surface area contributed by atoms with Crippen LogP contribution >= 0.6 is 0 Å². The Morgan fingerprint density at radius 1 is 0.955 bits per heavy atom. The monoisotopic (exact) mass is 328 g/mol. The molecular formula is C15H18F6O. The van der Waals surface area contributed by atoms with Gasteiger partial charge in [-0.25, -0.2) is 0 Å². The maximum absolute atomic E-state index is 12.9. The number of aryl methyl sites for hydroxylation is 2. The minimum atomic E-state index is -5.85. The maximum Gasteiger partial charge on any atom is 0.430 e. The van der Waals surface area contributed by atoms with E-state index in [0.717, 1.165) is 18.9 Å². The Morgan fingerprint density at radius 2 is 1.50 bits per heavy atom. The van der Waals surface area contributed by atoms with Crippen molar-refractivity contribution >= 4 is 0 Å². The van der Waals surface area contributed by atoms with E-state index in [-0.39, 0.29) is 0 Å². The molecule has 126 valence electrons. The zero-order valence-corrected chi connectivity index (χ0v) is 12.3. The van der Waals surface area contributed by atoms with Crippen molar-refractivity contribution in [3.63, 3.8) is 0 Å². The van der Waals surface area contributed by atoms with Crippen molar-refractivity contribution in [2.75, 3.05) is 0 Å². The third-order valence-electron chi connectivity index (χ3n) is 3.64. The number of hydrogen-bond donors (Lipinski definition) is 1.